The summed E-state index contributed by atoms with van der Waals surface area (Å²) in [5, 5.41) is 6.14. The number of nitrogens with zero attached hydrogens (tertiary/aromatic N) is 1. The second-order valence-corrected chi connectivity index (χ2v) is 6.79. The van der Waals surface area contributed by atoms with Crippen LogP contribution in [0.25, 0.3) is 0 Å². The normalized spacial score (nSPS) is 22.9. The van der Waals surface area contributed by atoms with Gasteiger partial charge >= 0.3 is 0 Å². The fraction of sp³-hybridized carbons (Fsp3) is 0.533. The monoisotopic (exact) mass is 293 g/mol. The molecule has 0 radical (unpaired) electrons. The van der Waals surface area contributed by atoms with Crippen LogP contribution in [0.4, 0.5) is 0 Å². The van der Waals surface area contributed by atoms with Crippen molar-refractivity contribution in [1.82, 2.24) is 15.8 Å². The first-order valence-corrected chi connectivity index (χ1v) is 7.17. The van der Waals surface area contributed by atoms with Crippen molar-refractivity contribution < 1.29 is 4.74 Å². The molecule has 1 atom stereocenters. The third kappa shape index (κ3) is 3.22. The Morgan fingerprint density at radius 1 is 1.25 bits per heavy atom. The van der Waals surface area contributed by atoms with Crippen molar-refractivity contribution in [2.45, 2.75) is 45.3 Å². The highest BCUT2D eigenvalue weighted by Crippen LogP contribution is 2.23. The molecule has 0 bridgehead atoms. The molecule has 0 amide bonds. The molecular formula is C15H23N3OS. The zero-order valence-corrected chi connectivity index (χ0v) is 13.6. The summed E-state index contributed by atoms with van der Waals surface area (Å²) >= 11 is 5.43. The molecule has 1 aliphatic rings. The zero-order valence-electron chi connectivity index (χ0n) is 12.8. The van der Waals surface area contributed by atoms with Crippen LogP contribution in [0.3, 0.4) is 0 Å². The molecule has 0 saturated carbocycles. The fourth-order valence-corrected chi connectivity index (χ4v) is 2.87. The summed E-state index contributed by atoms with van der Waals surface area (Å²) in [5.74, 6) is 0.873. The number of rotatable bonds is 3. The van der Waals surface area contributed by atoms with Crippen LogP contribution in [-0.4, -0.2) is 28.4 Å². The number of hydrazine groups is 1. The van der Waals surface area contributed by atoms with Crippen LogP contribution < -0.4 is 15.5 Å². The summed E-state index contributed by atoms with van der Waals surface area (Å²) in [6.07, 6.45) is 0.837. The van der Waals surface area contributed by atoms with Crippen molar-refractivity contribution in [2.75, 3.05) is 7.11 Å². The van der Waals surface area contributed by atoms with E-state index in [1.54, 1.807) is 7.11 Å². The van der Waals surface area contributed by atoms with E-state index in [2.05, 4.69) is 50.6 Å². The van der Waals surface area contributed by atoms with E-state index in [9.17, 15) is 0 Å². The predicted octanol–water partition coefficient (Wildman–Crippen LogP) is 2.45. The largest absolute Gasteiger partial charge is 0.497 e. The van der Waals surface area contributed by atoms with Gasteiger partial charge in [0.15, 0.2) is 5.11 Å². The van der Waals surface area contributed by atoms with Gasteiger partial charge in [-0.1, -0.05) is 12.1 Å². The second-order valence-electron chi connectivity index (χ2n) is 6.41. The van der Waals surface area contributed by atoms with E-state index in [0.29, 0.717) is 0 Å². The lowest BCUT2D eigenvalue weighted by Crippen LogP contribution is -2.54. The molecule has 2 rings (SSSR count). The average molecular weight is 293 g/mol. The molecule has 110 valence electrons. The van der Waals surface area contributed by atoms with Crippen molar-refractivity contribution in [3.8, 4) is 5.75 Å². The minimum absolute atomic E-state index is 0.0538. The van der Waals surface area contributed by atoms with E-state index in [4.69, 9.17) is 17.0 Å². The first-order chi connectivity index (χ1) is 9.23. The Morgan fingerprint density at radius 3 is 2.30 bits per heavy atom. The van der Waals surface area contributed by atoms with Crippen molar-refractivity contribution in [3.63, 3.8) is 0 Å². The minimum Gasteiger partial charge on any atom is -0.497 e. The number of methoxy groups -OCH3 is 1. The van der Waals surface area contributed by atoms with Crippen LogP contribution in [0.2, 0.25) is 0 Å². The molecule has 5 heteroatoms. The van der Waals surface area contributed by atoms with Crippen LogP contribution in [0.15, 0.2) is 24.3 Å². The second kappa shape index (κ2) is 5.22. The number of thiocarbonyl (C=S) groups is 1. The van der Waals surface area contributed by atoms with Crippen LogP contribution in [-0.2, 0) is 6.42 Å². The summed E-state index contributed by atoms with van der Waals surface area (Å²) in [7, 11) is 1.68. The van der Waals surface area contributed by atoms with E-state index >= 15 is 0 Å². The third-order valence-electron chi connectivity index (χ3n) is 3.33. The quantitative estimate of drug-likeness (QED) is 0.837. The maximum Gasteiger partial charge on any atom is 0.185 e. The van der Waals surface area contributed by atoms with Crippen molar-refractivity contribution in [1.29, 1.82) is 0 Å². The Morgan fingerprint density at radius 2 is 1.85 bits per heavy atom. The van der Waals surface area contributed by atoms with Gasteiger partial charge in [0.25, 0.3) is 0 Å². The van der Waals surface area contributed by atoms with E-state index in [-0.39, 0.29) is 11.2 Å². The van der Waals surface area contributed by atoms with E-state index in [0.717, 1.165) is 17.3 Å². The fourth-order valence-electron chi connectivity index (χ4n) is 2.33. The Bertz CT molecular complexity index is 495. The van der Waals surface area contributed by atoms with Gasteiger partial charge in [-0.2, -0.15) is 0 Å². The topological polar surface area (TPSA) is 36.5 Å². The number of ether oxygens (including phenoxy) is 1. The van der Waals surface area contributed by atoms with Crippen LogP contribution >= 0.6 is 12.2 Å². The SMILES string of the molecule is COc1ccc(C[C@@]2(C)NC(=S)N(C(C)(C)C)N2)cc1. The lowest BCUT2D eigenvalue weighted by molar-refractivity contribution is 0.138. The lowest BCUT2D eigenvalue weighted by atomic mass is 10.0. The predicted molar refractivity (Wildman–Crippen MR) is 85.6 cm³/mol. The van der Waals surface area contributed by atoms with Crippen LogP contribution in [0.1, 0.15) is 33.3 Å². The lowest BCUT2D eigenvalue weighted by Gasteiger charge is -2.34. The van der Waals surface area contributed by atoms with Gasteiger partial charge in [-0.3, -0.25) is 5.01 Å². The van der Waals surface area contributed by atoms with E-state index in [1.165, 1.54) is 5.56 Å². The molecule has 1 aromatic rings. The number of hydrogen-bond donors (Lipinski definition) is 2. The highest BCUT2D eigenvalue weighted by molar-refractivity contribution is 7.80. The molecule has 1 fully saturated rings. The number of hydrogen-bond acceptors (Lipinski definition) is 3. The Labute approximate surface area is 126 Å². The van der Waals surface area contributed by atoms with Gasteiger partial charge in [-0.15, -0.1) is 0 Å². The molecule has 0 aliphatic carbocycles. The number of benzene rings is 1. The molecule has 1 saturated heterocycles. The van der Waals surface area contributed by atoms with Gasteiger partial charge < -0.3 is 10.1 Å². The summed E-state index contributed by atoms with van der Waals surface area (Å²) in [5.41, 5.74) is 4.39. The summed E-state index contributed by atoms with van der Waals surface area (Å²) in [6.45, 7) is 8.52. The van der Waals surface area contributed by atoms with E-state index in [1.807, 2.05) is 17.1 Å². The Kier molecular flexibility index (Phi) is 3.93. The Hall–Kier alpha value is -1.33. The van der Waals surface area contributed by atoms with Gasteiger partial charge in [-0.05, 0) is 57.6 Å². The average Bonchev–Trinajstić information content (AvgIpc) is 2.65. The van der Waals surface area contributed by atoms with Crippen molar-refractivity contribution in [3.05, 3.63) is 29.8 Å². The van der Waals surface area contributed by atoms with Gasteiger partial charge in [0.2, 0.25) is 0 Å². The van der Waals surface area contributed by atoms with Gasteiger partial charge in [0.05, 0.1) is 12.6 Å². The van der Waals surface area contributed by atoms with Gasteiger partial charge in [0.1, 0.15) is 11.4 Å². The maximum atomic E-state index is 5.43. The molecule has 1 heterocycles. The van der Waals surface area contributed by atoms with E-state index < -0.39 is 0 Å². The molecule has 0 aromatic heterocycles. The summed E-state index contributed by atoms with van der Waals surface area (Å²) in [6, 6.07) is 8.12. The zero-order chi connectivity index (χ0) is 15.0. The molecule has 4 nitrogen and oxygen atoms in total. The van der Waals surface area contributed by atoms with Gasteiger partial charge in [0, 0.05) is 6.42 Å². The van der Waals surface area contributed by atoms with Crippen LogP contribution in [0.5, 0.6) is 5.75 Å². The smallest absolute Gasteiger partial charge is 0.185 e. The first kappa shape index (κ1) is 15.1. The Balaban J connectivity index is 2.10. The third-order valence-corrected chi connectivity index (χ3v) is 3.62. The van der Waals surface area contributed by atoms with Crippen molar-refractivity contribution in [2.24, 2.45) is 0 Å². The standard InChI is InChI=1S/C15H23N3OS/c1-14(2,3)18-13(20)16-15(4,17-18)10-11-6-8-12(19-5)9-7-11/h6-9,17H,10H2,1-5H3,(H,16,20)/t15-/m0/s1. The highest BCUT2D eigenvalue weighted by Gasteiger charge is 2.40. The molecule has 2 N–H and O–H groups in total. The molecular weight excluding hydrogens is 270 g/mol. The number of nitrogens with one attached hydrogen (secondary N) is 2. The van der Waals surface area contributed by atoms with Crippen molar-refractivity contribution >= 4 is 17.3 Å². The first-order valence-electron chi connectivity index (χ1n) is 6.77. The summed E-state index contributed by atoms with van der Waals surface area (Å²) in [4.78, 5) is 0. The maximum absolute atomic E-state index is 5.43. The molecule has 1 aromatic carbocycles. The van der Waals surface area contributed by atoms with Crippen LogP contribution in [0, 0.1) is 0 Å². The van der Waals surface area contributed by atoms with Gasteiger partial charge in [-0.25, -0.2) is 5.43 Å². The molecule has 0 spiro atoms. The molecule has 20 heavy (non-hydrogen) atoms. The molecule has 1 aliphatic heterocycles. The summed E-state index contributed by atoms with van der Waals surface area (Å²) < 4.78 is 5.18. The highest BCUT2D eigenvalue weighted by atomic mass is 32.1. The molecule has 0 unspecified atom stereocenters. The minimum atomic E-state index is -0.265.